The Balaban J connectivity index is 0. The number of nitrogens with zero attached hydrogens (tertiary/aromatic N) is 1. The fraction of sp³-hybridized carbons (Fsp3) is 0.190. The second-order valence-electron chi connectivity index (χ2n) is 5.87. The van der Waals surface area contributed by atoms with Crippen molar-refractivity contribution in [2.45, 2.75) is 6.42 Å². The van der Waals surface area contributed by atoms with Crippen LogP contribution in [0.3, 0.4) is 0 Å². The Morgan fingerprint density at radius 3 is 2.04 bits per heavy atom. The van der Waals surface area contributed by atoms with Crippen LogP contribution in [0.15, 0.2) is 72.3 Å². The van der Waals surface area contributed by atoms with E-state index < -0.39 is 0 Å². The molecular weight excluding hydrogens is 399 g/mol. The van der Waals surface area contributed by atoms with Crippen molar-refractivity contribution in [2.75, 3.05) is 20.6 Å². The topological polar surface area (TPSA) is 27.0 Å². The summed E-state index contributed by atoms with van der Waals surface area (Å²) in [6.45, 7) is 5.10. The minimum Gasteiger partial charge on any atom is -0.699 e. The van der Waals surface area contributed by atoms with Gasteiger partial charge in [0.05, 0.1) is 0 Å². The van der Waals surface area contributed by atoms with Gasteiger partial charge in [-0.05, 0) is 26.1 Å². The Hall–Kier alpha value is -1.16. The van der Waals surface area contributed by atoms with E-state index in [-0.39, 0.29) is 46.5 Å². The van der Waals surface area contributed by atoms with Gasteiger partial charge in [0, 0.05) is 6.54 Å². The Kier molecular flexibility index (Phi) is 14.5. The number of hydrogen-bond donors (Lipinski definition) is 0. The molecule has 5 heteroatoms. The summed E-state index contributed by atoms with van der Waals surface area (Å²) in [6.07, 6.45) is 5.51. The molecule has 0 saturated heterocycles. The van der Waals surface area contributed by atoms with Crippen LogP contribution < -0.4 is 0 Å². The van der Waals surface area contributed by atoms with Gasteiger partial charge in [0.2, 0.25) is 0 Å². The quantitative estimate of drug-likeness (QED) is 0.416. The van der Waals surface area contributed by atoms with E-state index in [1.807, 2.05) is 24.3 Å². The summed E-state index contributed by atoms with van der Waals surface area (Å²) in [5.41, 5.74) is 12.8. The Morgan fingerprint density at radius 1 is 0.962 bits per heavy atom. The Morgan fingerprint density at radius 2 is 1.54 bits per heavy atom. The molecular formula is C21H26Cl2N2Ti. The number of allylic oxidation sites excluding steroid dienone is 2. The molecule has 0 unspecified atom stereocenters. The van der Waals surface area contributed by atoms with E-state index in [1.165, 1.54) is 16.7 Å². The molecule has 0 radical (unpaired) electrons. The third-order valence-electron chi connectivity index (χ3n) is 3.63. The van der Waals surface area contributed by atoms with Crippen LogP contribution in [0.5, 0.6) is 0 Å². The predicted octanol–water partition coefficient (Wildman–Crippen LogP) is 6.36. The van der Waals surface area contributed by atoms with Crippen LogP contribution >= 0.6 is 24.8 Å². The maximum absolute atomic E-state index is 7.00. The Labute approximate surface area is 185 Å². The van der Waals surface area contributed by atoms with Gasteiger partial charge in [-0.25, -0.2) is 0 Å². The molecule has 3 rings (SSSR count). The zero-order valence-electron chi connectivity index (χ0n) is 15.2. The van der Waals surface area contributed by atoms with E-state index in [0.29, 0.717) is 5.69 Å². The molecule has 2 aromatic rings. The van der Waals surface area contributed by atoms with Crippen molar-refractivity contribution in [3.63, 3.8) is 0 Å². The Bertz CT molecular complexity index is 698. The summed E-state index contributed by atoms with van der Waals surface area (Å²) in [6, 6.07) is 17.5. The molecule has 1 aliphatic carbocycles. The SMILES string of the molecule is Cl.Cl.[CH2-]c1ccccc1C1=C(CN(C)C)C=CC1.[NH-]c1ccccc1.[Ti+2]. The molecule has 0 amide bonds. The van der Waals surface area contributed by atoms with E-state index in [0.717, 1.165) is 18.5 Å². The molecule has 0 bridgehead atoms. The maximum atomic E-state index is 7.00. The van der Waals surface area contributed by atoms with Crippen molar-refractivity contribution in [3.8, 4) is 0 Å². The second-order valence-corrected chi connectivity index (χ2v) is 5.87. The summed E-state index contributed by atoms with van der Waals surface area (Å²) in [7, 11) is 4.21. The van der Waals surface area contributed by atoms with Crippen molar-refractivity contribution in [2.24, 2.45) is 0 Å². The third-order valence-corrected chi connectivity index (χ3v) is 3.63. The first kappa shape index (κ1) is 27.1. The molecule has 1 aliphatic rings. The van der Waals surface area contributed by atoms with Gasteiger partial charge in [-0.1, -0.05) is 54.1 Å². The minimum absolute atomic E-state index is 0. The zero-order chi connectivity index (χ0) is 16.7. The van der Waals surface area contributed by atoms with E-state index >= 15 is 0 Å². The number of hydrogen-bond acceptors (Lipinski definition) is 1. The molecule has 2 nitrogen and oxygen atoms in total. The van der Waals surface area contributed by atoms with Gasteiger partial charge in [-0.15, -0.1) is 48.2 Å². The zero-order valence-corrected chi connectivity index (χ0v) is 18.4. The molecule has 0 spiro atoms. The van der Waals surface area contributed by atoms with E-state index in [4.69, 9.17) is 5.73 Å². The van der Waals surface area contributed by atoms with Crippen molar-refractivity contribution in [1.82, 2.24) is 4.90 Å². The molecule has 0 aromatic heterocycles. The molecule has 1 N–H and O–H groups in total. The van der Waals surface area contributed by atoms with Crippen LogP contribution in [0.25, 0.3) is 11.3 Å². The number of likely N-dealkylation sites (N-methyl/N-ethyl adjacent to an activating group) is 1. The molecule has 0 aliphatic heterocycles. The first-order valence-corrected chi connectivity index (χ1v) is 7.79. The van der Waals surface area contributed by atoms with Gasteiger partial charge in [0.15, 0.2) is 0 Å². The van der Waals surface area contributed by atoms with Gasteiger partial charge < -0.3 is 10.6 Å². The summed E-state index contributed by atoms with van der Waals surface area (Å²) < 4.78 is 0. The van der Waals surface area contributed by atoms with Crippen molar-refractivity contribution in [3.05, 3.63) is 96.1 Å². The average Bonchev–Trinajstić information content (AvgIpc) is 2.96. The number of benzene rings is 2. The first-order valence-electron chi connectivity index (χ1n) is 7.79. The van der Waals surface area contributed by atoms with E-state index in [9.17, 15) is 0 Å². The summed E-state index contributed by atoms with van der Waals surface area (Å²) >= 11 is 0. The summed E-state index contributed by atoms with van der Waals surface area (Å²) in [4.78, 5) is 2.21. The van der Waals surface area contributed by atoms with Gasteiger partial charge in [-0.2, -0.15) is 18.6 Å². The molecule has 0 fully saturated rings. The molecule has 2 aromatic carbocycles. The standard InChI is InChI=1S/C15H18N.C6H6N.2ClH.Ti/c1-12-7-4-5-9-14(12)15-10-6-8-13(15)11-16(2)3;7-6-4-2-1-3-5-6;;;/h4-9H,1,10-11H2,2-3H3;1-5,7H;2*1H;/q2*-1;;;+2. The van der Waals surface area contributed by atoms with Gasteiger partial charge in [-0.3, -0.25) is 0 Å². The monoisotopic (exact) mass is 424 g/mol. The van der Waals surface area contributed by atoms with Crippen molar-refractivity contribution >= 4 is 36.1 Å². The van der Waals surface area contributed by atoms with Crippen molar-refractivity contribution in [1.29, 1.82) is 0 Å². The van der Waals surface area contributed by atoms with E-state index in [1.54, 1.807) is 12.1 Å². The van der Waals surface area contributed by atoms with Crippen LogP contribution in [0.2, 0.25) is 0 Å². The summed E-state index contributed by atoms with van der Waals surface area (Å²) in [5.74, 6) is 0. The van der Waals surface area contributed by atoms with Crippen LogP contribution in [-0.4, -0.2) is 25.5 Å². The van der Waals surface area contributed by atoms with Crippen LogP contribution in [0.4, 0.5) is 5.69 Å². The second kappa shape index (κ2) is 14.0. The van der Waals surface area contributed by atoms with Crippen molar-refractivity contribution < 1.29 is 21.7 Å². The number of halogens is 2. The van der Waals surface area contributed by atoms with E-state index in [2.05, 4.69) is 56.3 Å². The van der Waals surface area contributed by atoms with Gasteiger partial charge >= 0.3 is 21.7 Å². The van der Waals surface area contributed by atoms with Crippen LogP contribution in [0, 0.1) is 6.92 Å². The molecule has 26 heavy (non-hydrogen) atoms. The van der Waals surface area contributed by atoms with Gasteiger partial charge in [0.1, 0.15) is 0 Å². The fourth-order valence-corrected chi connectivity index (χ4v) is 2.58. The smallest absolute Gasteiger partial charge is 0.699 e. The van der Waals surface area contributed by atoms with Crippen LogP contribution in [0.1, 0.15) is 17.5 Å². The summed E-state index contributed by atoms with van der Waals surface area (Å²) in [5, 5.41) is 0. The van der Waals surface area contributed by atoms with Crippen LogP contribution in [-0.2, 0) is 21.7 Å². The molecule has 0 heterocycles. The molecule has 138 valence electrons. The molecule has 0 saturated carbocycles. The fourth-order valence-electron chi connectivity index (χ4n) is 2.58. The molecule has 0 atom stereocenters. The first-order chi connectivity index (χ1) is 11.1. The average molecular weight is 425 g/mol. The largest absolute Gasteiger partial charge is 2.00 e. The number of nitrogens with one attached hydrogen (secondary N) is 1. The predicted molar refractivity (Wildman–Crippen MR) is 115 cm³/mol. The van der Waals surface area contributed by atoms with Gasteiger partial charge in [0.25, 0.3) is 0 Å². The number of rotatable bonds is 3. The minimum atomic E-state index is 0. The maximum Gasteiger partial charge on any atom is 2.00 e. The third kappa shape index (κ3) is 8.48. The normalized spacial score (nSPS) is 11.7.